The summed E-state index contributed by atoms with van der Waals surface area (Å²) in [6, 6.07) is 5.18. The van der Waals surface area contributed by atoms with E-state index < -0.39 is 30.4 Å². The average molecular weight is 363 g/mol. The van der Waals surface area contributed by atoms with Crippen LogP contribution in [0.25, 0.3) is 0 Å². The summed E-state index contributed by atoms with van der Waals surface area (Å²) in [7, 11) is 0. The zero-order chi connectivity index (χ0) is 18.3. The Morgan fingerprint density at radius 1 is 1.38 bits per heavy atom. The van der Waals surface area contributed by atoms with Gasteiger partial charge < -0.3 is 10.5 Å². The van der Waals surface area contributed by atoms with Crippen LogP contribution < -0.4 is 11.4 Å². The third kappa shape index (κ3) is 3.19. The zero-order valence-electron chi connectivity index (χ0n) is 14.0. The highest BCUT2D eigenvalue weighted by Crippen LogP contribution is 2.42. The Hall–Kier alpha value is -2.39. The average Bonchev–Trinajstić information content (AvgIpc) is 2.89. The second kappa shape index (κ2) is 6.40. The number of hydrogen-bond acceptors (Lipinski definition) is 6. The molecule has 4 heterocycles. The number of anilines is 1. The largest absolute Gasteiger partial charge is 0.383 e. The number of halogens is 2. The van der Waals surface area contributed by atoms with Gasteiger partial charge in [0.2, 0.25) is 6.23 Å². The predicted molar refractivity (Wildman–Crippen MR) is 89.6 cm³/mol. The SMILES string of the molecule is Nc1ccn(C2OC(CN3CCc4ncccc4C3)CC2(F)F)c(=O)n1. The van der Waals surface area contributed by atoms with Gasteiger partial charge >= 0.3 is 5.69 Å². The normalized spacial score (nSPS) is 25.2. The molecular formula is C17H19F2N5O2. The molecule has 2 unspecified atom stereocenters. The third-order valence-corrected chi connectivity index (χ3v) is 4.79. The topological polar surface area (TPSA) is 86.3 Å². The minimum atomic E-state index is -3.15. The van der Waals surface area contributed by atoms with E-state index in [2.05, 4.69) is 14.9 Å². The van der Waals surface area contributed by atoms with Crippen LogP contribution in [0.3, 0.4) is 0 Å². The van der Waals surface area contributed by atoms with Crippen LogP contribution in [0.2, 0.25) is 0 Å². The van der Waals surface area contributed by atoms with Gasteiger partial charge in [0.1, 0.15) is 5.82 Å². The lowest BCUT2D eigenvalue weighted by molar-refractivity contribution is -0.119. The van der Waals surface area contributed by atoms with E-state index in [-0.39, 0.29) is 5.82 Å². The molecule has 1 saturated heterocycles. The Morgan fingerprint density at radius 2 is 2.23 bits per heavy atom. The van der Waals surface area contributed by atoms with E-state index >= 15 is 0 Å². The summed E-state index contributed by atoms with van der Waals surface area (Å²) in [5.41, 5.74) is 6.74. The van der Waals surface area contributed by atoms with Crippen LogP contribution in [-0.2, 0) is 17.7 Å². The van der Waals surface area contributed by atoms with Gasteiger partial charge in [0.15, 0.2) is 0 Å². The van der Waals surface area contributed by atoms with E-state index in [9.17, 15) is 13.6 Å². The third-order valence-electron chi connectivity index (χ3n) is 4.79. The summed E-state index contributed by atoms with van der Waals surface area (Å²) < 4.78 is 35.3. The van der Waals surface area contributed by atoms with Crippen molar-refractivity contribution in [1.29, 1.82) is 0 Å². The van der Waals surface area contributed by atoms with Crippen LogP contribution in [0.15, 0.2) is 35.4 Å². The summed E-state index contributed by atoms with van der Waals surface area (Å²) in [5.74, 6) is -3.16. The summed E-state index contributed by atoms with van der Waals surface area (Å²) in [4.78, 5) is 21.8. The van der Waals surface area contributed by atoms with Crippen molar-refractivity contribution in [2.24, 2.45) is 0 Å². The van der Waals surface area contributed by atoms with Gasteiger partial charge in [-0.2, -0.15) is 4.98 Å². The van der Waals surface area contributed by atoms with E-state index in [1.165, 1.54) is 12.3 Å². The number of aromatic nitrogens is 3. The smallest absolute Gasteiger partial charge is 0.351 e. The molecule has 2 N–H and O–H groups in total. The van der Waals surface area contributed by atoms with Crippen LogP contribution in [0.1, 0.15) is 23.9 Å². The zero-order valence-corrected chi connectivity index (χ0v) is 14.0. The molecule has 4 rings (SSSR count). The van der Waals surface area contributed by atoms with Crippen molar-refractivity contribution in [2.45, 2.75) is 37.6 Å². The molecule has 2 aromatic rings. The van der Waals surface area contributed by atoms with Gasteiger partial charge in [-0.1, -0.05) is 6.07 Å². The Labute approximate surface area is 148 Å². The molecule has 1 fully saturated rings. The molecule has 7 nitrogen and oxygen atoms in total. The van der Waals surface area contributed by atoms with Gasteiger partial charge in [0, 0.05) is 50.6 Å². The van der Waals surface area contributed by atoms with Gasteiger partial charge in [-0.15, -0.1) is 0 Å². The summed E-state index contributed by atoms with van der Waals surface area (Å²) in [5, 5.41) is 0. The van der Waals surface area contributed by atoms with Gasteiger partial charge in [-0.3, -0.25) is 14.5 Å². The minimum Gasteiger partial charge on any atom is -0.383 e. The van der Waals surface area contributed by atoms with Crippen molar-refractivity contribution in [1.82, 2.24) is 19.4 Å². The highest BCUT2D eigenvalue weighted by molar-refractivity contribution is 5.24. The number of nitrogens with zero attached hydrogens (tertiary/aromatic N) is 4. The van der Waals surface area contributed by atoms with Crippen LogP contribution in [-0.4, -0.2) is 44.6 Å². The van der Waals surface area contributed by atoms with E-state index in [0.717, 1.165) is 28.8 Å². The molecule has 9 heteroatoms. The fourth-order valence-corrected chi connectivity index (χ4v) is 3.58. The summed E-state index contributed by atoms with van der Waals surface area (Å²) >= 11 is 0. The van der Waals surface area contributed by atoms with Crippen LogP contribution in [0.5, 0.6) is 0 Å². The Bertz CT molecular complexity index is 872. The first-order chi connectivity index (χ1) is 12.4. The van der Waals surface area contributed by atoms with Crippen molar-refractivity contribution >= 4 is 5.82 Å². The lowest BCUT2D eigenvalue weighted by Crippen LogP contribution is -2.37. The number of pyridine rings is 1. The molecule has 2 aromatic heterocycles. The van der Waals surface area contributed by atoms with Gasteiger partial charge in [-0.25, -0.2) is 13.6 Å². The summed E-state index contributed by atoms with van der Waals surface area (Å²) in [6.45, 7) is 1.77. The lowest BCUT2D eigenvalue weighted by Gasteiger charge is -2.29. The fourth-order valence-electron chi connectivity index (χ4n) is 3.58. The van der Waals surface area contributed by atoms with Crippen molar-refractivity contribution < 1.29 is 13.5 Å². The molecule has 0 amide bonds. The molecule has 0 aromatic carbocycles. The Kier molecular flexibility index (Phi) is 4.20. The van der Waals surface area contributed by atoms with Crippen molar-refractivity contribution in [3.05, 3.63) is 52.3 Å². The molecule has 138 valence electrons. The molecule has 0 radical (unpaired) electrons. The van der Waals surface area contributed by atoms with Crippen LogP contribution in [0, 0.1) is 0 Å². The highest BCUT2D eigenvalue weighted by atomic mass is 19.3. The maximum Gasteiger partial charge on any atom is 0.351 e. The lowest BCUT2D eigenvalue weighted by atomic mass is 10.0. The monoisotopic (exact) mass is 363 g/mol. The number of rotatable bonds is 3. The fraction of sp³-hybridized carbons (Fsp3) is 0.471. The molecule has 0 aliphatic carbocycles. The molecule has 26 heavy (non-hydrogen) atoms. The van der Waals surface area contributed by atoms with Crippen LogP contribution in [0.4, 0.5) is 14.6 Å². The van der Waals surface area contributed by atoms with E-state index in [4.69, 9.17) is 10.5 Å². The van der Waals surface area contributed by atoms with Crippen molar-refractivity contribution in [3.63, 3.8) is 0 Å². The molecule has 0 spiro atoms. The van der Waals surface area contributed by atoms with E-state index in [1.54, 1.807) is 6.20 Å². The Balaban J connectivity index is 1.47. The number of ether oxygens (including phenoxy) is 1. The first-order valence-electron chi connectivity index (χ1n) is 8.45. The van der Waals surface area contributed by atoms with E-state index in [0.29, 0.717) is 13.1 Å². The van der Waals surface area contributed by atoms with Crippen molar-refractivity contribution in [3.8, 4) is 0 Å². The first kappa shape index (κ1) is 17.0. The van der Waals surface area contributed by atoms with Gasteiger partial charge in [0.05, 0.1) is 6.10 Å². The van der Waals surface area contributed by atoms with Gasteiger partial charge in [-0.05, 0) is 17.7 Å². The molecular weight excluding hydrogens is 344 g/mol. The number of alkyl halides is 2. The number of fused-ring (bicyclic) bond motifs is 1. The van der Waals surface area contributed by atoms with Gasteiger partial charge in [0.25, 0.3) is 5.92 Å². The molecule has 0 bridgehead atoms. The quantitative estimate of drug-likeness (QED) is 0.882. The predicted octanol–water partition coefficient (Wildman–Crippen LogP) is 1.20. The van der Waals surface area contributed by atoms with Crippen LogP contribution >= 0.6 is 0 Å². The Morgan fingerprint density at radius 3 is 3.04 bits per heavy atom. The highest BCUT2D eigenvalue weighted by Gasteiger charge is 2.52. The molecule has 0 saturated carbocycles. The number of nitrogens with two attached hydrogens (primary N) is 1. The molecule has 2 aliphatic rings. The second-order valence-electron chi connectivity index (χ2n) is 6.71. The maximum absolute atomic E-state index is 14.4. The minimum absolute atomic E-state index is 0.00953. The first-order valence-corrected chi connectivity index (χ1v) is 8.45. The molecule has 2 aliphatic heterocycles. The maximum atomic E-state index is 14.4. The van der Waals surface area contributed by atoms with E-state index in [1.807, 2.05) is 12.1 Å². The summed E-state index contributed by atoms with van der Waals surface area (Å²) in [6.07, 6.45) is 0.978. The second-order valence-corrected chi connectivity index (χ2v) is 6.71. The standard InChI is InChI=1S/C17H19F2N5O2/c18-17(19)8-12(26-15(17)24-7-4-14(20)22-16(24)25)10-23-6-3-13-11(9-23)2-1-5-21-13/h1-2,4-5,7,12,15H,3,6,8-10H2,(H2,20,22,25). The number of hydrogen-bond donors (Lipinski definition) is 1. The number of nitrogen functional groups attached to an aromatic ring is 1. The van der Waals surface area contributed by atoms with Crippen molar-refractivity contribution in [2.75, 3.05) is 18.8 Å². The molecule has 2 atom stereocenters.